The van der Waals surface area contributed by atoms with Crippen molar-refractivity contribution in [3.63, 3.8) is 0 Å². The van der Waals surface area contributed by atoms with Gasteiger partial charge in [0.2, 0.25) is 0 Å². The minimum absolute atomic E-state index is 0.184. The maximum atomic E-state index is 12.4. The van der Waals surface area contributed by atoms with Crippen molar-refractivity contribution in [1.29, 1.82) is 0 Å². The molecule has 2 atom stereocenters. The third kappa shape index (κ3) is 6.30. The molecule has 0 saturated carbocycles. The molecule has 0 aliphatic carbocycles. The Morgan fingerprint density at radius 1 is 1.07 bits per heavy atom. The average molecular weight is 399 g/mol. The smallest absolute Gasteiger partial charge is 0.319 e. The van der Waals surface area contributed by atoms with Crippen molar-refractivity contribution in [2.45, 2.75) is 13.0 Å². The molecular weight excluding hydrogens is 368 g/mol. The minimum atomic E-state index is -0.697. The number of carbonyl (C=O) groups excluding carboxylic acids is 2. The van der Waals surface area contributed by atoms with Crippen LogP contribution in [-0.4, -0.2) is 56.2 Å². The van der Waals surface area contributed by atoms with Crippen molar-refractivity contribution in [3.8, 4) is 0 Å². The second-order valence-corrected chi connectivity index (χ2v) is 7.27. The van der Waals surface area contributed by atoms with Gasteiger partial charge in [-0.15, -0.1) is 0 Å². The molecular formula is C22H30N4O3. The van der Waals surface area contributed by atoms with Crippen LogP contribution in [0.1, 0.15) is 27.6 Å². The highest BCUT2D eigenvalue weighted by Crippen LogP contribution is 2.22. The first-order valence-corrected chi connectivity index (χ1v) is 9.57. The third-order valence-corrected chi connectivity index (χ3v) is 4.77. The van der Waals surface area contributed by atoms with Crippen LogP contribution < -0.4 is 16.0 Å². The van der Waals surface area contributed by atoms with Gasteiger partial charge in [0.1, 0.15) is 0 Å². The predicted octanol–water partition coefficient (Wildman–Crippen LogP) is 2.39. The molecule has 7 nitrogen and oxygen atoms in total. The SMILES string of the molecule is CNC(=O)c1cccc(NC(=O)NC[C@H](CN(C)C)[C@H](O)c2ccccc2)c1C. The third-order valence-electron chi connectivity index (χ3n) is 4.77. The second-order valence-electron chi connectivity index (χ2n) is 7.27. The molecule has 2 aromatic rings. The van der Waals surface area contributed by atoms with Gasteiger partial charge in [-0.05, 0) is 44.3 Å². The van der Waals surface area contributed by atoms with Gasteiger partial charge >= 0.3 is 6.03 Å². The molecule has 0 heterocycles. The zero-order chi connectivity index (χ0) is 21.4. The summed E-state index contributed by atoms with van der Waals surface area (Å²) in [5, 5.41) is 19.0. The van der Waals surface area contributed by atoms with Crippen molar-refractivity contribution in [2.24, 2.45) is 5.92 Å². The van der Waals surface area contributed by atoms with E-state index in [1.807, 2.05) is 49.3 Å². The zero-order valence-corrected chi connectivity index (χ0v) is 17.4. The Kier molecular flexibility index (Phi) is 8.18. The van der Waals surface area contributed by atoms with Gasteiger partial charge in [-0.25, -0.2) is 4.79 Å². The van der Waals surface area contributed by atoms with E-state index in [9.17, 15) is 14.7 Å². The quantitative estimate of drug-likeness (QED) is 0.549. The molecule has 29 heavy (non-hydrogen) atoms. The number of nitrogens with zero attached hydrogens (tertiary/aromatic N) is 1. The molecule has 2 aromatic carbocycles. The Balaban J connectivity index is 2.04. The molecule has 0 aliphatic rings. The molecule has 0 radical (unpaired) electrons. The van der Waals surface area contributed by atoms with E-state index < -0.39 is 6.10 Å². The van der Waals surface area contributed by atoms with Crippen molar-refractivity contribution in [2.75, 3.05) is 39.5 Å². The number of rotatable bonds is 8. The van der Waals surface area contributed by atoms with Crippen molar-refractivity contribution >= 4 is 17.6 Å². The van der Waals surface area contributed by atoms with Gasteiger partial charge < -0.3 is 26.0 Å². The van der Waals surface area contributed by atoms with Gasteiger partial charge in [0.05, 0.1) is 6.10 Å². The topological polar surface area (TPSA) is 93.7 Å². The lowest BCUT2D eigenvalue weighted by Crippen LogP contribution is -2.39. The van der Waals surface area contributed by atoms with E-state index in [1.54, 1.807) is 32.2 Å². The molecule has 0 bridgehead atoms. The zero-order valence-electron chi connectivity index (χ0n) is 17.4. The summed E-state index contributed by atoms with van der Waals surface area (Å²) in [4.78, 5) is 26.4. The number of hydrogen-bond acceptors (Lipinski definition) is 4. The number of urea groups is 1. The minimum Gasteiger partial charge on any atom is -0.388 e. The Hall–Kier alpha value is -2.90. The Bertz CT molecular complexity index is 824. The van der Waals surface area contributed by atoms with Gasteiger partial charge in [-0.1, -0.05) is 36.4 Å². The van der Waals surface area contributed by atoms with Crippen LogP contribution >= 0.6 is 0 Å². The van der Waals surface area contributed by atoms with Crippen molar-refractivity contribution in [1.82, 2.24) is 15.5 Å². The van der Waals surface area contributed by atoms with Crippen molar-refractivity contribution in [3.05, 3.63) is 65.2 Å². The molecule has 0 saturated heterocycles. The summed E-state index contributed by atoms with van der Waals surface area (Å²) in [5.41, 5.74) is 2.58. The summed E-state index contributed by atoms with van der Waals surface area (Å²) in [6.07, 6.45) is -0.697. The lowest BCUT2D eigenvalue weighted by molar-refractivity contribution is 0.0911. The van der Waals surface area contributed by atoms with E-state index in [2.05, 4.69) is 16.0 Å². The highest BCUT2D eigenvalue weighted by Gasteiger charge is 2.22. The number of nitrogens with one attached hydrogen (secondary N) is 3. The monoisotopic (exact) mass is 398 g/mol. The number of benzene rings is 2. The molecule has 0 fully saturated rings. The van der Waals surface area contributed by atoms with Crippen LogP contribution in [0.4, 0.5) is 10.5 Å². The Labute approximate surface area is 172 Å². The normalized spacial score (nSPS) is 12.9. The molecule has 0 aliphatic heterocycles. The molecule has 3 amide bonds. The van der Waals surface area contributed by atoms with Gasteiger partial charge in [-0.3, -0.25) is 4.79 Å². The summed E-state index contributed by atoms with van der Waals surface area (Å²) in [6.45, 7) is 2.70. The summed E-state index contributed by atoms with van der Waals surface area (Å²) in [6, 6.07) is 14.2. The molecule has 4 N–H and O–H groups in total. The summed E-state index contributed by atoms with van der Waals surface area (Å²) < 4.78 is 0. The lowest BCUT2D eigenvalue weighted by atomic mass is 9.95. The maximum absolute atomic E-state index is 12.4. The fraction of sp³-hybridized carbons (Fsp3) is 0.364. The Morgan fingerprint density at radius 2 is 1.76 bits per heavy atom. The van der Waals surface area contributed by atoms with Crippen LogP contribution in [-0.2, 0) is 0 Å². The van der Waals surface area contributed by atoms with Crippen LogP contribution in [0.2, 0.25) is 0 Å². The first kappa shape index (κ1) is 22.4. The summed E-state index contributed by atoms with van der Waals surface area (Å²) in [7, 11) is 5.42. The van der Waals surface area contributed by atoms with Crippen molar-refractivity contribution < 1.29 is 14.7 Å². The van der Waals surface area contributed by atoms with Crippen LogP contribution in [0.3, 0.4) is 0 Å². The Morgan fingerprint density at radius 3 is 2.38 bits per heavy atom. The van der Waals surface area contributed by atoms with Gasteiger partial charge in [0, 0.05) is 37.3 Å². The predicted molar refractivity (Wildman–Crippen MR) is 115 cm³/mol. The number of aliphatic hydroxyl groups excluding tert-OH is 1. The highest BCUT2D eigenvalue weighted by atomic mass is 16.3. The first-order valence-electron chi connectivity index (χ1n) is 9.57. The molecule has 156 valence electrons. The standard InChI is InChI=1S/C22H30N4O3/c1-15-18(21(28)23-2)11-8-12-19(15)25-22(29)24-13-17(14-26(3)4)20(27)16-9-6-5-7-10-16/h5-12,17,20,27H,13-14H2,1-4H3,(H,23,28)(H2,24,25,29)/t17-,20-/m1/s1. The average Bonchev–Trinajstić information content (AvgIpc) is 2.72. The number of amides is 3. The molecule has 0 aromatic heterocycles. The van der Waals surface area contributed by atoms with Crippen LogP contribution in [0, 0.1) is 12.8 Å². The lowest BCUT2D eigenvalue weighted by Gasteiger charge is -2.26. The molecule has 0 unspecified atom stereocenters. The summed E-state index contributed by atoms with van der Waals surface area (Å²) >= 11 is 0. The van der Waals surface area contributed by atoms with E-state index in [-0.39, 0.29) is 17.9 Å². The highest BCUT2D eigenvalue weighted by molar-refractivity contribution is 5.98. The number of aliphatic hydroxyl groups is 1. The van der Waals surface area contributed by atoms with E-state index in [0.717, 1.165) is 5.56 Å². The maximum Gasteiger partial charge on any atom is 0.319 e. The van der Waals surface area contributed by atoms with E-state index in [4.69, 9.17) is 0 Å². The van der Waals surface area contributed by atoms with Crippen LogP contribution in [0.25, 0.3) is 0 Å². The van der Waals surface area contributed by atoms with Gasteiger partial charge in [-0.2, -0.15) is 0 Å². The second kappa shape index (κ2) is 10.6. The molecule has 2 rings (SSSR count). The largest absolute Gasteiger partial charge is 0.388 e. The van der Waals surface area contributed by atoms with E-state index in [0.29, 0.717) is 29.9 Å². The van der Waals surface area contributed by atoms with Crippen LogP contribution in [0.15, 0.2) is 48.5 Å². The van der Waals surface area contributed by atoms with Gasteiger partial charge in [0.25, 0.3) is 5.91 Å². The number of carbonyl (C=O) groups is 2. The van der Waals surface area contributed by atoms with E-state index in [1.165, 1.54) is 0 Å². The number of anilines is 1. The summed E-state index contributed by atoms with van der Waals surface area (Å²) in [5.74, 6) is -0.389. The molecule has 0 spiro atoms. The van der Waals surface area contributed by atoms with Crippen LogP contribution in [0.5, 0.6) is 0 Å². The fourth-order valence-corrected chi connectivity index (χ4v) is 3.21. The van der Waals surface area contributed by atoms with Gasteiger partial charge in [0.15, 0.2) is 0 Å². The van der Waals surface area contributed by atoms with E-state index >= 15 is 0 Å². The first-order chi connectivity index (χ1) is 13.8. The fourth-order valence-electron chi connectivity index (χ4n) is 3.21. The molecule has 7 heteroatoms. The number of hydrogen-bond donors (Lipinski definition) is 4.